The number of rotatable bonds is 9. The van der Waals surface area contributed by atoms with E-state index < -0.39 is 44.7 Å². The van der Waals surface area contributed by atoms with E-state index in [0.717, 1.165) is 23.5 Å². The highest BCUT2D eigenvalue weighted by atomic mass is 32.2. The fraction of sp³-hybridized carbons (Fsp3) is 0.286. The monoisotopic (exact) mass is 518 g/mol. The highest BCUT2D eigenvalue weighted by molar-refractivity contribution is 7.92. The zero-order valence-corrected chi connectivity index (χ0v) is 19.1. The van der Waals surface area contributed by atoms with Crippen molar-refractivity contribution in [1.82, 2.24) is 9.88 Å². The van der Waals surface area contributed by atoms with Crippen LogP contribution in [0.5, 0.6) is 0 Å². The number of likely N-dealkylation sites (tertiary alicyclic amines) is 1. The number of sulfonamides is 1. The molecule has 0 saturated carbocycles. The van der Waals surface area contributed by atoms with Crippen molar-refractivity contribution in [2.75, 3.05) is 23.1 Å². The SMILES string of the molecule is O=S(=O)(Nc1cscn1)c1c(F)cc(NCc2c(F)cccc2CN2CC(C(F)F)C2)cc1F. The van der Waals surface area contributed by atoms with Crippen LogP contribution in [0.2, 0.25) is 0 Å². The minimum absolute atomic E-state index is 0.0693. The number of benzene rings is 2. The van der Waals surface area contributed by atoms with Gasteiger partial charge >= 0.3 is 0 Å². The number of aromatic nitrogens is 1. The standard InChI is InChI=1S/C21H19F5N4O2S2/c22-16-3-1-2-12(7-30-8-13(9-30)21(25)26)15(16)6-27-14-4-17(23)20(18(24)5-14)34(31,32)29-19-10-33-11-28-19/h1-5,10-11,13,21,27,29H,6-9H2. The topological polar surface area (TPSA) is 74.3 Å². The van der Waals surface area contributed by atoms with Gasteiger partial charge in [-0.25, -0.2) is 35.4 Å². The molecule has 1 aromatic heterocycles. The third kappa shape index (κ3) is 5.31. The molecule has 2 aromatic carbocycles. The molecule has 1 aliphatic heterocycles. The predicted octanol–water partition coefficient (Wildman–Crippen LogP) is 4.67. The van der Waals surface area contributed by atoms with Crippen molar-refractivity contribution >= 4 is 32.9 Å². The maximum atomic E-state index is 14.6. The van der Waals surface area contributed by atoms with Crippen LogP contribution in [0.15, 0.2) is 46.1 Å². The molecule has 0 unspecified atom stereocenters. The lowest BCUT2D eigenvalue weighted by atomic mass is 9.98. The highest BCUT2D eigenvalue weighted by Gasteiger charge is 2.34. The molecule has 3 aromatic rings. The van der Waals surface area contributed by atoms with Gasteiger partial charge in [-0.15, -0.1) is 11.3 Å². The van der Waals surface area contributed by atoms with Gasteiger partial charge < -0.3 is 5.32 Å². The average molecular weight is 519 g/mol. The summed E-state index contributed by atoms with van der Waals surface area (Å²) in [5, 5.41) is 4.06. The smallest absolute Gasteiger partial charge is 0.268 e. The second kappa shape index (κ2) is 9.84. The maximum absolute atomic E-state index is 14.6. The van der Waals surface area contributed by atoms with Gasteiger partial charge in [0.2, 0.25) is 6.43 Å². The number of anilines is 2. The van der Waals surface area contributed by atoms with Crippen LogP contribution in [0.3, 0.4) is 0 Å². The van der Waals surface area contributed by atoms with Crippen molar-refractivity contribution in [2.45, 2.75) is 24.4 Å². The first-order valence-corrected chi connectivity index (χ1v) is 12.5. The lowest BCUT2D eigenvalue weighted by Crippen LogP contribution is -2.49. The molecule has 0 atom stereocenters. The quantitative estimate of drug-likeness (QED) is 0.403. The summed E-state index contributed by atoms with van der Waals surface area (Å²) in [7, 11) is -4.57. The molecule has 0 radical (unpaired) electrons. The molecule has 1 aliphatic rings. The molecule has 2 heterocycles. The summed E-state index contributed by atoms with van der Waals surface area (Å²) in [6.07, 6.45) is -2.40. The number of hydrogen-bond acceptors (Lipinski definition) is 6. The molecule has 0 aliphatic carbocycles. The number of thiazole rings is 1. The van der Waals surface area contributed by atoms with Crippen molar-refractivity contribution in [3.8, 4) is 0 Å². The Labute approximate surface area is 196 Å². The molecule has 2 N–H and O–H groups in total. The first-order valence-electron chi connectivity index (χ1n) is 10.0. The van der Waals surface area contributed by atoms with Crippen LogP contribution in [0.25, 0.3) is 0 Å². The van der Waals surface area contributed by atoms with Crippen LogP contribution in [0, 0.1) is 23.4 Å². The van der Waals surface area contributed by atoms with Crippen molar-refractivity contribution in [1.29, 1.82) is 0 Å². The minimum atomic E-state index is -4.57. The van der Waals surface area contributed by atoms with Crippen LogP contribution >= 0.6 is 11.3 Å². The van der Waals surface area contributed by atoms with Gasteiger partial charge in [0.15, 0.2) is 10.7 Å². The maximum Gasteiger partial charge on any atom is 0.268 e. The summed E-state index contributed by atoms with van der Waals surface area (Å²) in [6.45, 7) is 0.487. The van der Waals surface area contributed by atoms with E-state index in [9.17, 15) is 30.4 Å². The number of hydrogen-bond donors (Lipinski definition) is 2. The summed E-state index contributed by atoms with van der Waals surface area (Å²) in [5.41, 5.74) is 2.02. The van der Waals surface area contributed by atoms with Crippen LogP contribution in [0.1, 0.15) is 11.1 Å². The van der Waals surface area contributed by atoms with E-state index in [1.807, 2.05) is 4.72 Å². The fourth-order valence-corrected chi connectivity index (χ4v) is 5.33. The van der Waals surface area contributed by atoms with Crippen LogP contribution in [-0.4, -0.2) is 37.8 Å². The predicted molar refractivity (Wildman–Crippen MR) is 118 cm³/mol. The normalized spacial score (nSPS) is 14.9. The second-order valence-electron chi connectivity index (χ2n) is 7.77. The first-order chi connectivity index (χ1) is 16.1. The lowest BCUT2D eigenvalue weighted by molar-refractivity contribution is -0.0280. The van der Waals surface area contributed by atoms with Gasteiger partial charge in [-0.3, -0.25) is 9.62 Å². The molecule has 182 valence electrons. The van der Waals surface area contributed by atoms with Crippen molar-refractivity contribution < 1.29 is 30.4 Å². The molecular weight excluding hydrogens is 499 g/mol. The Balaban J connectivity index is 1.48. The van der Waals surface area contributed by atoms with E-state index in [1.54, 1.807) is 11.0 Å². The zero-order chi connectivity index (χ0) is 24.5. The van der Waals surface area contributed by atoms with Gasteiger partial charge in [-0.05, 0) is 23.8 Å². The van der Waals surface area contributed by atoms with E-state index in [4.69, 9.17) is 0 Å². The van der Waals surface area contributed by atoms with Crippen LogP contribution in [0.4, 0.5) is 33.5 Å². The first kappa shape index (κ1) is 24.4. The molecule has 0 spiro atoms. The van der Waals surface area contributed by atoms with E-state index in [0.29, 0.717) is 5.56 Å². The Bertz CT molecular complexity index is 1240. The van der Waals surface area contributed by atoms with Gasteiger partial charge in [0, 0.05) is 48.7 Å². The minimum Gasteiger partial charge on any atom is -0.381 e. The van der Waals surface area contributed by atoms with Gasteiger partial charge in [-0.1, -0.05) is 12.1 Å². The molecule has 0 amide bonds. The van der Waals surface area contributed by atoms with Crippen molar-refractivity contribution in [2.24, 2.45) is 5.92 Å². The third-order valence-corrected chi connectivity index (χ3v) is 7.35. The number of nitrogens with one attached hydrogen (secondary N) is 2. The zero-order valence-electron chi connectivity index (χ0n) is 17.4. The number of alkyl halides is 2. The van der Waals surface area contributed by atoms with Gasteiger partial charge in [0.25, 0.3) is 10.0 Å². The van der Waals surface area contributed by atoms with E-state index >= 15 is 0 Å². The van der Waals surface area contributed by atoms with Gasteiger partial charge in [-0.2, -0.15) is 0 Å². The second-order valence-corrected chi connectivity index (χ2v) is 10.1. The van der Waals surface area contributed by atoms with E-state index in [-0.39, 0.29) is 43.2 Å². The molecule has 1 fully saturated rings. The molecule has 13 heteroatoms. The highest BCUT2D eigenvalue weighted by Crippen LogP contribution is 2.28. The summed E-state index contributed by atoms with van der Waals surface area (Å²) >= 11 is 1.10. The molecule has 4 rings (SSSR count). The van der Waals surface area contributed by atoms with E-state index in [1.165, 1.54) is 23.0 Å². The Morgan fingerprint density at radius 2 is 1.82 bits per heavy atom. The van der Waals surface area contributed by atoms with Crippen LogP contribution < -0.4 is 10.0 Å². The van der Waals surface area contributed by atoms with Crippen molar-refractivity contribution in [3.63, 3.8) is 0 Å². The Morgan fingerprint density at radius 3 is 2.44 bits per heavy atom. The molecule has 6 nitrogen and oxygen atoms in total. The van der Waals surface area contributed by atoms with Gasteiger partial charge in [0.1, 0.15) is 17.5 Å². The van der Waals surface area contributed by atoms with Gasteiger partial charge in [0.05, 0.1) is 5.51 Å². The average Bonchev–Trinajstić information content (AvgIpc) is 3.20. The number of nitrogens with zero attached hydrogens (tertiary/aromatic N) is 2. The molecular formula is C21H19F5N4O2S2. The summed E-state index contributed by atoms with van der Waals surface area (Å²) in [6, 6.07) is 5.95. The fourth-order valence-electron chi connectivity index (χ4n) is 3.65. The summed E-state index contributed by atoms with van der Waals surface area (Å²) < 4.78 is 95.8. The van der Waals surface area contributed by atoms with Crippen LogP contribution in [-0.2, 0) is 23.1 Å². The summed E-state index contributed by atoms with van der Waals surface area (Å²) in [4.78, 5) is 4.31. The summed E-state index contributed by atoms with van der Waals surface area (Å²) in [5.74, 6) is -4.01. The van der Waals surface area contributed by atoms with Crippen molar-refractivity contribution in [3.05, 3.63) is 69.8 Å². The molecule has 0 bridgehead atoms. The largest absolute Gasteiger partial charge is 0.381 e. The lowest BCUT2D eigenvalue weighted by Gasteiger charge is -2.39. The Morgan fingerprint density at radius 1 is 1.12 bits per heavy atom. The van der Waals surface area contributed by atoms with E-state index in [2.05, 4.69) is 10.3 Å². The molecule has 1 saturated heterocycles. The molecule has 34 heavy (non-hydrogen) atoms. The number of halogens is 5. The Hall–Kier alpha value is -2.77. The third-order valence-electron chi connectivity index (χ3n) is 5.36. The Kier molecular flexibility index (Phi) is 7.05.